The van der Waals surface area contributed by atoms with Crippen LogP contribution in [0.25, 0.3) is 0 Å². The summed E-state index contributed by atoms with van der Waals surface area (Å²) in [4.78, 5) is 15.3. The maximum atomic E-state index is 6.07. The van der Waals surface area contributed by atoms with Crippen LogP contribution in [0, 0.1) is 6.92 Å². The van der Waals surface area contributed by atoms with Crippen molar-refractivity contribution in [1.82, 2.24) is 19.9 Å². The van der Waals surface area contributed by atoms with Gasteiger partial charge in [0.2, 0.25) is 5.88 Å². The quantitative estimate of drug-likeness (QED) is 0.854. The molecule has 0 aliphatic carbocycles. The summed E-state index contributed by atoms with van der Waals surface area (Å²) < 4.78 is 12.1. The molecule has 1 atom stereocenters. The molecular weight excluding hydrogens is 312 g/mol. The lowest BCUT2D eigenvalue weighted by Gasteiger charge is -2.52. The molecule has 122 valence electrons. The van der Waals surface area contributed by atoms with Crippen molar-refractivity contribution in [3.8, 4) is 5.88 Å². The van der Waals surface area contributed by atoms with Gasteiger partial charge in [-0.15, -0.1) is 11.3 Å². The van der Waals surface area contributed by atoms with Crippen LogP contribution in [0.2, 0.25) is 0 Å². The van der Waals surface area contributed by atoms with Crippen molar-refractivity contribution in [3.05, 3.63) is 34.7 Å². The van der Waals surface area contributed by atoms with Crippen LogP contribution >= 0.6 is 11.3 Å². The highest BCUT2D eigenvalue weighted by Crippen LogP contribution is 2.36. The van der Waals surface area contributed by atoms with E-state index >= 15 is 0 Å². The van der Waals surface area contributed by atoms with E-state index in [0.717, 1.165) is 44.8 Å². The summed E-state index contributed by atoms with van der Waals surface area (Å²) in [6, 6.07) is 0. The minimum absolute atomic E-state index is 0.0581. The number of nitrogens with zero attached hydrogens (tertiary/aromatic N) is 4. The Hall–Kier alpha value is -1.57. The van der Waals surface area contributed by atoms with Crippen LogP contribution in [-0.2, 0) is 11.3 Å². The Balaban J connectivity index is 1.33. The van der Waals surface area contributed by atoms with E-state index in [9.17, 15) is 0 Å². The van der Waals surface area contributed by atoms with E-state index in [-0.39, 0.29) is 11.7 Å². The number of rotatable bonds is 4. The second kappa shape index (κ2) is 6.14. The van der Waals surface area contributed by atoms with Crippen LogP contribution in [0.3, 0.4) is 0 Å². The molecule has 2 aromatic heterocycles. The van der Waals surface area contributed by atoms with Crippen LogP contribution in [-0.4, -0.2) is 51.3 Å². The lowest BCUT2D eigenvalue weighted by Crippen LogP contribution is -2.65. The van der Waals surface area contributed by atoms with E-state index in [0.29, 0.717) is 5.88 Å². The fourth-order valence-corrected chi connectivity index (χ4v) is 4.03. The Morgan fingerprint density at radius 1 is 1.43 bits per heavy atom. The Bertz CT molecular complexity index is 658. The van der Waals surface area contributed by atoms with E-state index in [1.54, 1.807) is 23.7 Å². The third-order valence-electron chi connectivity index (χ3n) is 4.33. The molecule has 0 unspecified atom stereocenters. The molecule has 0 saturated carbocycles. The zero-order valence-corrected chi connectivity index (χ0v) is 14.0. The standard InChI is InChI=1S/C16H20N4O2S/c1-12-7-17-8-14(19-12)22-13-2-4-21-16(6-13)10-20(11-16)9-15-18-3-5-23-15/h3,5,7-8,13H,2,4,6,9-11H2,1H3/t13-/m0/s1. The molecule has 2 aliphatic heterocycles. The summed E-state index contributed by atoms with van der Waals surface area (Å²) in [5.74, 6) is 0.617. The van der Waals surface area contributed by atoms with Gasteiger partial charge in [0.25, 0.3) is 0 Å². The molecule has 4 heterocycles. The number of aryl methyl sites for hydroxylation is 1. The highest BCUT2D eigenvalue weighted by Gasteiger charge is 2.48. The van der Waals surface area contributed by atoms with Gasteiger partial charge in [0.05, 0.1) is 30.6 Å². The van der Waals surface area contributed by atoms with Gasteiger partial charge in [0.1, 0.15) is 11.1 Å². The molecule has 0 aromatic carbocycles. The summed E-state index contributed by atoms with van der Waals surface area (Å²) in [7, 11) is 0. The van der Waals surface area contributed by atoms with E-state index in [1.807, 2.05) is 18.5 Å². The zero-order valence-electron chi connectivity index (χ0n) is 13.1. The van der Waals surface area contributed by atoms with Gasteiger partial charge in [0.15, 0.2) is 0 Å². The third kappa shape index (κ3) is 3.36. The summed E-state index contributed by atoms with van der Waals surface area (Å²) >= 11 is 1.71. The Morgan fingerprint density at radius 3 is 3.13 bits per heavy atom. The van der Waals surface area contributed by atoms with Crippen molar-refractivity contribution in [1.29, 1.82) is 0 Å². The van der Waals surface area contributed by atoms with E-state index in [2.05, 4.69) is 19.9 Å². The molecule has 0 amide bonds. The van der Waals surface area contributed by atoms with Gasteiger partial charge in [-0.2, -0.15) is 0 Å². The summed E-state index contributed by atoms with van der Waals surface area (Å²) in [6.45, 7) is 5.48. The van der Waals surface area contributed by atoms with Crippen molar-refractivity contribution in [2.75, 3.05) is 19.7 Å². The third-order valence-corrected chi connectivity index (χ3v) is 5.10. The Morgan fingerprint density at radius 2 is 2.35 bits per heavy atom. The van der Waals surface area contributed by atoms with Crippen LogP contribution in [0.5, 0.6) is 5.88 Å². The van der Waals surface area contributed by atoms with Crippen molar-refractivity contribution in [3.63, 3.8) is 0 Å². The normalized spacial score (nSPS) is 23.6. The van der Waals surface area contributed by atoms with Gasteiger partial charge < -0.3 is 9.47 Å². The van der Waals surface area contributed by atoms with E-state index in [4.69, 9.17) is 9.47 Å². The largest absolute Gasteiger partial charge is 0.473 e. The number of thiazole rings is 1. The van der Waals surface area contributed by atoms with Crippen molar-refractivity contribution >= 4 is 11.3 Å². The molecule has 2 aromatic rings. The fraction of sp³-hybridized carbons (Fsp3) is 0.562. The summed E-state index contributed by atoms with van der Waals surface area (Å²) in [5, 5.41) is 3.19. The minimum Gasteiger partial charge on any atom is -0.473 e. The molecule has 2 aliphatic rings. The second-order valence-corrected chi connectivity index (χ2v) is 7.31. The molecule has 2 fully saturated rings. The average molecular weight is 332 g/mol. The first-order valence-corrected chi connectivity index (χ1v) is 8.79. The van der Waals surface area contributed by atoms with Crippen molar-refractivity contribution < 1.29 is 9.47 Å². The summed E-state index contributed by atoms with van der Waals surface area (Å²) in [5.41, 5.74) is 0.819. The smallest absolute Gasteiger partial charge is 0.232 e. The van der Waals surface area contributed by atoms with E-state index < -0.39 is 0 Å². The van der Waals surface area contributed by atoms with Gasteiger partial charge in [0, 0.05) is 43.7 Å². The van der Waals surface area contributed by atoms with Gasteiger partial charge in [-0.1, -0.05) is 0 Å². The van der Waals surface area contributed by atoms with Crippen LogP contribution in [0.4, 0.5) is 0 Å². The van der Waals surface area contributed by atoms with Gasteiger partial charge >= 0.3 is 0 Å². The van der Waals surface area contributed by atoms with Gasteiger partial charge in [-0.05, 0) is 6.92 Å². The maximum absolute atomic E-state index is 6.07. The number of aromatic nitrogens is 3. The monoisotopic (exact) mass is 332 g/mol. The number of ether oxygens (including phenoxy) is 2. The molecule has 4 rings (SSSR count). The molecule has 6 nitrogen and oxygen atoms in total. The molecule has 0 bridgehead atoms. The lowest BCUT2D eigenvalue weighted by molar-refractivity contribution is -0.188. The average Bonchev–Trinajstić information content (AvgIpc) is 2.99. The SMILES string of the molecule is Cc1cncc(O[C@H]2CCOC3(C2)CN(Cc2nccs2)C3)n1. The molecule has 0 radical (unpaired) electrons. The fourth-order valence-electron chi connectivity index (χ4n) is 3.37. The first kappa shape index (κ1) is 15.0. The molecular formula is C16H20N4O2S. The molecule has 1 spiro atoms. The van der Waals surface area contributed by atoms with Crippen LogP contribution in [0.15, 0.2) is 24.0 Å². The number of hydrogen-bond acceptors (Lipinski definition) is 7. The van der Waals surface area contributed by atoms with Gasteiger partial charge in [-0.25, -0.2) is 9.97 Å². The predicted octanol–water partition coefficient (Wildman–Crippen LogP) is 2.05. The van der Waals surface area contributed by atoms with Crippen molar-refractivity contribution in [2.45, 2.75) is 38.0 Å². The summed E-state index contributed by atoms with van der Waals surface area (Å²) in [6.07, 6.45) is 7.26. The zero-order chi connectivity index (χ0) is 15.7. The topological polar surface area (TPSA) is 60.4 Å². The van der Waals surface area contributed by atoms with Gasteiger partial charge in [-0.3, -0.25) is 9.88 Å². The molecule has 2 saturated heterocycles. The molecule has 0 N–H and O–H groups in total. The Kier molecular flexibility index (Phi) is 4.00. The van der Waals surface area contributed by atoms with Crippen LogP contribution in [0.1, 0.15) is 23.5 Å². The highest BCUT2D eigenvalue weighted by molar-refractivity contribution is 7.09. The van der Waals surface area contributed by atoms with E-state index in [1.165, 1.54) is 5.01 Å². The number of likely N-dealkylation sites (tertiary alicyclic amines) is 1. The maximum Gasteiger partial charge on any atom is 0.232 e. The number of hydrogen-bond donors (Lipinski definition) is 0. The van der Waals surface area contributed by atoms with Crippen LogP contribution < -0.4 is 4.74 Å². The lowest BCUT2D eigenvalue weighted by atomic mass is 9.85. The molecule has 23 heavy (non-hydrogen) atoms. The first-order valence-electron chi connectivity index (χ1n) is 7.91. The predicted molar refractivity (Wildman–Crippen MR) is 86.5 cm³/mol. The second-order valence-electron chi connectivity index (χ2n) is 6.33. The Labute approximate surface area is 139 Å². The van der Waals surface area contributed by atoms with Crippen molar-refractivity contribution in [2.24, 2.45) is 0 Å². The first-order chi connectivity index (χ1) is 11.2. The molecule has 7 heteroatoms. The minimum atomic E-state index is -0.0581. The highest BCUT2D eigenvalue weighted by atomic mass is 32.1.